The van der Waals surface area contributed by atoms with Crippen molar-refractivity contribution in [3.05, 3.63) is 0 Å². The largest absolute Gasteiger partial charge is 0.411 e. The van der Waals surface area contributed by atoms with Crippen LogP contribution < -0.4 is 0 Å². The van der Waals surface area contributed by atoms with Gasteiger partial charge in [-0.1, -0.05) is 26.7 Å². The molecule has 13 heavy (non-hydrogen) atoms. The van der Waals surface area contributed by atoms with Crippen LogP contribution >= 0.6 is 11.6 Å². The van der Waals surface area contributed by atoms with Crippen molar-refractivity contribution in [1.82, 2.24) is 0 Å². The topological polar surface area (TPSA) is 43.4 Å². The highest BCUT2D eigenvalue weighted by Crippen LogP contribution is 2.14. The minimum absolute atomic E-state index is 0.192. The van der Waals surface area contributed by atoms with Crippen molar-refractivity contribution in [1.29, 1.82) is 0 Å². The molecule has 0 aliphatic heterocycles. The standard InChI is InChI=1S/C9H15ClO3/c1-3-5-6-7(4-2)8(11)13-9(10)12/h7H,3-6H2,1-2H3. The van der Waals surface area contributed by atoms with Gasteiger partial charge < -0.3 is 4.74 Å². The van der Waals surface area contributed by atoms with Gasteiger partial charge in [0.25, 0.3) is 0 Å². The summed E-state index contributed by atoms with van der Waals surface area (Å²) in [6.07, 6.45) is 3.43. The second-order valence-electron chi connectivity index (χ2n) is 2.91. The highest BCUT2D eigenvalue weighted by molar-refractivity contribution is 6.61. The summed E-state index contributed by atoms with van der Waals surface area (Å²) in [5, 5.41) is 0. The normalized spacial score (nSPS) is 12.2. The second kappa shape index (κ2) is 6.89. The van der Waals surface area contributed by atoms with E-state index in [4.69, 9.17) is 11.6 Å². The van der Waals surface area contributed by atoms with Crippen molar-refractivity contribution in [2.45, 2.75) is 39.5 Å². The van der Waals surface area contributed by atoms with Crippen molar-refractivity contribution in [3.63, 3.8) is 0 Å². The van der Waals surface area contributed by atoms with Crippen molar-refractivity contribution < 1.29 is 14.3 Å². The Kier molecular flexibility index (Phi) is 6.59. The third-order valence-electron chi connectivity index (χ3n) is 1.91. The molecule has 0 saturated heterocycles. The first kappa shape index (κ1) is 12.4. The van der Waals surface area contributed by atoms with Crippen molar-refractivity contribution in [3.8, 4) is 0 Å². The molecule has 0 aromatic heterocycles. The summed E-state index contributed by atoms with van der Waals surface area (Å²) in [5.41, 5.74) is -1.04. The molecule has 0 fully saturated rings. The van der Waals surface area contributed by atoms with Crippen LogP contribution in [0, 0.1) is 5.92 Å². The Morgan fingerprint density at radius 2 is 2.00 bits per heavy atom. The Morgan fingerprint density at radius 1 is 1.38 bits per heavy atom. The van der Waals surface area contributed by atoms with Gasteiger partial charge in [-0.05, 0) is 12.8 Å². The third-order valence-corrected chi connectivity index (χ3v) is 1.99. The first-order valence-corrected chi connectivity index (χ1v) is 4.90. The molecule has 0 aliphatic rings. The molecule has 1 unspecified atom stereocenters. The molecule has 0 radical (unpaired) electrons. The van der Waals surface area contributed by atoms with E-state index in [0.717, 1.165) is 19.3 Å². The zero-order chi connectivity index (χ0) is 10.3. The number of carbonyl (C=O) groups excluding carboxylic acids is 2. The highest BCUT2D eigenvalue weighted by atomic mass is 35.5. The third kappa shape index (κ3) is 5.64. The zero-order valence-electron chi connectivity index (χ0n) is 8.01. The zero-order valence-corrected chi connectivity index (χ0v) is 8.76. The molecular weight excluding hydrogens is 192 g/mol. The van der Waals surface area contributed by atoms with Gasteiger partial charge in [-0.2, -0.15) is 0 Å². The summed E-state index contributed by atoms with van der Waals surface area (Å²) in [5.74, 6) is -0.696. The maximum absolute atomic E-state index is 11.2. The van der Waals surface area contributed by atoms with Gasteiger partial charge in [0.2, 0.25) is 0 Å². The molecule has 0 aromatic carbocycles. The molecule has 4 heteroatoms. The number of ether oxygens (including phenoxy) is 1. The number of carbonyl (C=O) groups is 2. The lowest BCUT2D eigenvalue weighted by Gasteiger charge is -2.10. The quantitative estimate of drug-likeness (QED) is 0.394. The van der Waals surface area contributed by atoms with E-state index in [2.05, 4.69) is 4.74 Å². The average molecular weight is 207 g/mol. The summed E-state index contributed by atoms with van der Waals surface area (Å²) in [6.45, 7) is 3.94. The van der Waals surface area contributed by atoms with Gasteiger partial charge in [0.05, 0.1) is 5.92 Å². The summed E-state index contributed by atoms with van der Waals surface area (Å²) >= 11 is 4.93. The lowest BCUT2D eigenvalue weighted by atomic mass is 10.00. The minimum Gasteiger partial charge on any atom is -0.380 e. The Morgan fingerprint density at radius 3 is 2.38 bits per heavy atom. The maximum Gasteiger partial charge on any atom is 0.411 e. The lowest BCUT2D eigenvalue weighted by Crippen LogP contribution is -2.18. The molecule has 0 saturated carbocycles. The van der Waals surface area contributed by atoms with E-state index in [1.165, 1.54) is 0 Å². The van der Waals surface area contributed by atoms with Crippen LogP contribution in [0.15, 0.2) is 0 Å². The van der Waals surface area contributed by atoms with Crippen LogP contribution in [0.25, 0.3) is 0 Å². The number of hydrogen-bond donors (Lipinski definition) is 0. The van der Waals surface area contributed by atoms with Crippen LogP contribution in [-0.4, -0.2) is 11.4 Å². The summed E-state index contributed by atoms with van der Waals surface area (Å²) in [7, 11) is 0. The fraction of sp³-hybridized carbons (Fsp3) is 0.778. The molecule has 0 bridgehead atoms. The fourth-order valence-corrected chi connectivity index (χ4v) is 1.18. The van der Waals surface area contributed by atoms with Crippen LogP contribution in [-0.2, 0) is 9.53 Å². The number of rotatable bonds is 5. The molecule has 0 amide bonds. The van der Waals surface area contributed by atoms with Crippen LogP contribution in [0.5, 0.6) is 0 Å². The number of halogens is 1. The Labute approximate surface area is 83.4 Å². The molecule has 0 heterocycles. The van der Waals surface area contributed by atoms with E-state index in [-0.39, 0.29) is 5.92 Å². The fourth-order valence-electron chi connectivity index (χ4n) is 1.10. The molecule has 76 valence electrons. The van der Waals surface area contributed by atoms with Gasteiger partial charge >= 0.3 is 11.4 Å². The molecule has 1 atom stereocenters. The van der Waals surface area contributed by atoms with Gasteiger partial charge in [0.15, 0.2) is 0 Å². The maximum atomic E-state index is 11.2. The van der Waals surface area contributed by atoms with E-state index in [1.807, 2.05) is 13.8 Å². The monoisotopic (exact) mass is 206 g/mol. The summed E-state index contributed by atoms with van der Waals surface area (Å²) in [4.78, 5) is 21.4. The minimum atomic E-state index is -1.04. The van der Waals surface area contributed by atoms with Gasteiger partial charge in [-0.3, -0.25) is 4.79 Å². The SMILES string of the molecule is CCCCC(CC)C(=O)OC(=O)Cl. The Balaban J connectivity index is 3.91. The second-order valence-corrected chi connectivity index (χ2v) is 3.21. The molecule has 0 rings (SSSR count). The van der Waals surface area contributed by atoms with Gasteiger partial charge in [0, 0.05) is 11.6 Å². The molecular formula is C9H15ClO3. The predicted molar refractivity (Wildman–Crippen MR) is 50.6 cm³/mol. The Bertz CT molecular complexity index is 180. The van der Waals surface area contributed by atoms with Crippen LogP contribution in [0.4, 0.5) is 4.79 Å². The Hall–Kier alpha value is -0.570. The number of unbranched alkanes of at least 4 members (excludes halogenated alkanes) is 1. The van der Waals surface area contributed by atoms with E-state index in [0.29, 0.717) is 6.42 Å². The molecule has 0 N–H and O–H groups in total. The first-order valence-electron chi connectivity index (χ1n) is 4.52. The average Bonchev–Trinajstić information content (AvgIpc) is 2.04. The van der Waals surface area contributed by atoms with E-state index in [9.17, 15) is 9.59 Å². The molecule has 0 spiro atoms. The van der Waals surface area contributed by atoms with E-state index in [1.54, 1.807) is 0 Å². The van der Waals surface area contributed by atoms with Crippen LogP contribution in [0.2, 0.25) is 0 Å². The van der Waals surface area contributed by atoms with Crippen molar-refractivity contribution in [2.24, 2.45) is 5.92 Å². The predicted octanol–water partition coefficient (Wildman–Crippen LogP) is 3.10. The molecule has 0 aromatic rings. The summed E-state index contributed by atoms with van der Waals surface area (Å²) < 4.78 is 4.29. The number of hydrogen-bond acceptors (Lipinski definition) is 3. The van der Waals surface area contributed by atoms with Gasteiger partial charge in [0.1, 0.15) is 0 Å². The van der Waals surface area contributed by atoms with Gasteiger partial charge in [-0.25, -0.2) is 4.79 Å². The smallest absolute Gasteiger partial charge is 0.380 e. The van der Waals surface area contributed by atoms with E-state index < -0.39 is 11.4 Å². The number of esters is 1. The van der Waals surface area contributed by atoms with Crippen LogP contribution in [0.3, 0.4) is 0 Å². The van der Waals surface area contributed by atoms with Crippen LogP contribution in [0.1, 0.15) is 39.5 Å². The van der Waals surface area contributed by atoms with Gasteiger partial charge in [-0.15, -0.1) is 0 Å². The highest BCUT2D eigenvalue weighted by Gasteiger charge is 2.19. The summed E-state index contributed by atoms with van der Waals surface area (Å²) in [6, 6.07) is 0. The first-order chi connectivity index (χ1) is 6.11. The lowest BCUT2D eigenvalue weighted by molar-refractivity contribution is -0.141. The molecule has 3 nitrogen and oxygen atoms in total. The van der Waals surface area contributed by atoms with Crippen molar-refractivity contribution >= 4 is 23.0 Å². The molecule has 0 aliphatic carbocycles. The van der Waals surface area contributed by atoms with Crippen molar-refractivity contribution in [2.75, 3.05) is 0 Å². The van der Waals surface area contributed by atoms with E-state index >= 15 is 0 Å².